The van der Waals surface area contributed by atoms with Crippen molar-refractivity contribution in [2.45, 2.75) is 0 Å². The molecule has 5 nitrogen and oxygen atoms in total. The molecule has 0 aliphatic carbocycles. The van der Waals surface area contributed by atoms with E-state index >= 15 is 0 Å². The van der Waals surface area contributed by atoms with E-state index in [0.717, 1.165) is 5.69 Å². The number of guanidine groups is 1. The van der Waals surface area contributed by atoms with Crippen LogP contribution in [0.4, 0.5) is 11.5 Å². The van der Waals surface area contributed by atoms with Crippen LogP contribution in [0.5, 0.6) is 0 Å². The molecule has 5 heteroatoms. The third-order valence-electron chi connectivity index (χ3n) is 1.18. The molecule has 0 atom stereocenters. The Morgan fingerprint density at radius 1 is 1.60 bits per heavy atom. The molecule has 0 saturated heterocycles. The first kappa shape index (κ1) is 5.16. The van der Waals surface area contributed by atoms with Crippen LogP contribution in [-0.2, 0) is 0 Å². The number of nitrogens with zero attached hydrogens (tertiary/aromatic N) is 3. The third kappa shape index (κ3) is 0.604. The summed E-state index contributed by atoms with van der Waals surface area (Å²) in [6.07, 6.45) is 3.06. The van der Waals surface area contributed by atoms with E-state index in [9.17, 15) is 0 Å². The normalized spacial score (nSPS) is 13.8. The van der Waals surface area contributed by atoms with Gasteiger partial charge in [0.05, 0.1) is 6.20 Å². The largest absolute Gasteiger partial charge is 0.343 e. The highest BCUT2D eigenvalue weighted by Gasteiger charge is 2.19. The highest BCUT2D eigenvalue weighted by atomic mass is 15.2. The van der Waals surface area contributed by atoms with E-state index in [0.29, 0.717) is 11.8 Å². The molecular weight excluding hydrogens is 130 g/mol. The standard InChI is InChI=1S/C5H5N5/c6-5-9-3-1-7-2-8-4(3)10-5/h1-2,9H,6H2/q+1. The number of fused-ring (bicyclic) bond motifs is 1. The fraction of sp³-hybridized carbons (Fsp3) is 0. The van der Waals surface area contributed by atoms with Crippen LogP contribution >= 0.6 is 0 Å². The number of anilines is 1. The molecule has 49 valence electrons. The number of hydrogen-bond donors (Lipinski definition) is 2. The van der Waals surface area contributed by atoms with Crippen LogP contribution in [0, 0.1) is 0 Å². The van der Waals surface area contributed by atoms with Gasteiger partial charge in [0.2, 0.25) is 0 Å². The van der Waals surface area contributed by atoms with E-state index in [1.807, 2.05) is 0 Å². The molecule has 2 heterocycles. The zero-order valence-corrected chi connectivity index (χ0v) is 5.07. The number of nitrogens with two attached hydrogens (primary N) is 1. The summed E-state index contributed by atoms with van der Waals surface area (Å²) >= 11 is 0. The minimum absolute atomic E-state index is 0.371. The summed E-state index contributed by atoms with van der Waals surface area (Å²) in [4.78, 5) is 11.5. The van der Waals surface area contributed by atoms with Gasteiger partial charge >= 0.3 is 11.8 Å². The molecule has 0 bridgehead atoms. The molecule has 0 amide bonds. The maximum absolute atomic E-state index is 5.36. The first-order chi connectivity index (χ1) is 4.86. The van der Waals surface area contributed by atoms with E-state index in [4.69, 9.17) is 5.73 Å². The maximum atomic E-state index is 5.36. The van der Waals surface area contributed by atoms with Crippen molar-refractivity contribution in [3.63, 3.8) is 0 Å². The average molecular weight is 135 g/mol. The lowest BCUT2D eigenvalue weighted by molar-refractivity contribution is 1.14. The number of hydrogen-bond acceptors (Lipinski definition) is 5. The van der Waals surface area contributed by atoms with Crippen LogP contribution in [-0.4, -0.2) is 15.9 Å². The first-order valence-electron chi connectivity index (χ1n) is 2.77. The second-order valence-corrected chi connectivity index (χ2v) is 1.88. The van der Waals surface area contributed by atoms with Crippen molar-refractivity contribution in [1.82, 2.24) is 15.0 Å². The average Bonchev–Trinajstić information content (AvgIpc) is 2.27. The Bertz CT molecular complexity index is 292. The Kier molecular flexibility index (Phi) is 0.858. The van der Waals surface area contributed by atoms with Gasteiger partial charge in [0.25, 0.3) is 0 Å². The van der Waals surface area contributed by atoms with Gasteiger partial charge in [-0.15, -0.1) is 4.98 Å². The SMILES string of the molecule is NC1=[N+]c2ncncc2N1. The number of nitrogens with one attached hydrogen (secondary N) is 1. The maximum Gasteiger partial charge on any atom is 0.343 e. The van der Waals surface area contributed by atoms with Crippen molar-refractivity contribution in [3.8, 4) is 0 Å². The first-order valence-corrected chi connectivity index (χ1v) is 2.77. The fourth-order valence-electron chi connectivity index (χ4n) is 0.780. The van der Waals surface area contributed by atoms with Gasteiger partial charge in [-0.05, 0) is 0 Å². The Hall–Kier alpha value is -1.65. The van der Waals surface area contributed by atoms with Gasteiger partial charge in [-0.25, -0.2) is 4.98 Å². The van der Waals surface area contributed by atoms with Crippen molar-refractivity contribution >= 4 is 17.5 Å². The molecule has 1 aromatic rings. The molecule has 1 aliphatic heterocycles. The summed E-state index contributed by atoms with van der Waals surface area (Å²) in [6, 6.07) is 0. The van der Waals surface area contributed by atoms with E-state index in [-0.39, 0.29) is 0 Å². The second-order valence-electron chi connectivity index (χ2n) is 1.88. The quantitative estimate of drug-likeness (QED) is 0.487. The van der Waals surface area contributed by atoms with Gasteiger partial charge in [-0.1, -0.05) is 4.99 Å². The van der Waals surface area contributed by atoms with Crippen molar-refractivity contribution < 1.29 is 0 Å². The van der Waals surface area contributed by atoms with Gasteiger partial charge in [0.15, 0.2) is 12.0 Å². The van der Waals surface area contributed by atoms with Crippen LogP contribution in [0.15, 0.2) is 12.5 Å². The fourth-order valence-corrected chi connectivity index (χ4v) is 0.780. The lowest BCUT2D eigenvalue weighted by Crippen LogP contribution is -2.21. The highest BCUT2D eigenvalue weighted by Crippen LogP contribution is 2.17. The molecule has 0 unspecified atom stereocenters. The van der Waals surface area contributed by atoms with Crippen molar-refractivity contribution in [2.24, 2.45) is 5.73 Å². The predicted molar refractivity (Wildman–Crippen MR) is 36.6 cm³/mol. The van der Waals surface area contributed by atoms with Gasteiger partial charge in [-0.3, -0.25) is 5.32 Å². The number of rotatable bonds is 0. The molecular formula is C5H5N5+. The lowest BCUT2D eigenvalue weighted by atomic mass is 10.5. The Morgan fingerprint density at radius 2 is 2.50 bits per heavy atom. The molecule has 1 aliphatic rings. The van der Waals surface area contributed by atoms with Gasteiger partial charge in [0.1, 0.15) is 0 Å². The van der Waals surface area contributed by atoms with Crippen LogP contribution in [0.2, 0.25) is 0 Å². The van der Waals surface area contributed by atoms with Crippen molar-refractivity contribution in [2.75, 3.05) is 5.32 Å². The van der Waals surface area contributed by atoms with Crippen LogP contribution in [0.1, 0.15) is 0 Å². The van der Waals surface area contributed by atoms with Crippen molar-refractivity contribution in [1.29, 1.82) is 0 Å². The summed E-state index contributed by atoms with van der Waals surface area (Å²) in [5, 5.41) is 2.80. The molecule has 2 rings (SSSR count). The van der Waals surface area contributed by atoms with Gasteiger partial charge < -0.3 is 5.73 Å². The number of aromatic nitrogens is 2. The zero-order valence-electron chi connectivity index (χ0n) is 5.07. The Labute approximate surface area is 57.0 Å². The molecule has 10 heavy (non-hydrogen) atoms. The third-order valence-corrected chi connectivity index (χ3v) is 1.18. The Morgan fingerprint density at radius 3 is 3.30 bits per heavy atom. The second kappa shape index (κ2) is 1.66. The van der Waals surface area contributed by atoms with Crippen LogP contribution < -0.4 is 16.0 Å². The minimum Gasteiger partial charge on any atom is -0.308 e. The molecule has 0 spiro atoms. The summed E-state index contributed by atoms with van der Waals surface area (Å²) in [5.74, 6) is 0.975. The summed E-state index contributed by atoms with van der Waals surface area (Å²) < 4.78 is 0. The molecule has 0 fully saturated rings. The summed E-state index contributed by atoms with van der Waals surface area (Å²) in [5.41, 5.74) is 6.12. The topological polar surface area (TPSA) is 77.9 Å². The predicted octanol–water partition coefficient (Wildman–Crippen LogP) is -0.816. The summed E-state index contributed by atoms with van der Waals surface area (Å²) in [7, 11) is 0. The van der Waals surface area contributed by atoms with E-state index < -0.39 is 0 Å². The van der Waals surface area contributed by atoms with E-state index in [1.165, 1.54) is 6.33 Å². The van der Waals surface area contributed by atoms with E-state index in [1.54, 1.807) is 6.20 Å². The highest BCUT2D eigenvalue weighted by molar-refractivity contribution is 5.99. The monoisotopic (exact) mass is 135 g/mol. The Balaban J connectivity index is 2.54. The molecule has 0 aromatic carbocycles. The van der Waals surface area contributed by atoms with Crippen molar-refractivity contribution in [3.05, 3.63) is 12.5 Å². The molecule has 0 saturated carbocycles. The summed E-state index contributed by atoms with van der Waals surface area (Å²) in [6.45, 7) is 0. The minimum atomic E-state index is 0.371. The molecule has 1 aromatic heterocycles. The zero-order chi connectivity index (χ0) is 6.97. The van der Waals surface area contributed by atoms with Crippen LogP contribution in [0.3, 0.4) is 0 Å². The van der Waals surface area contributed by atoms with E-state index in [2.05, 4.69) is 20.3 Å². The molecule has 3 N–H and O–H groups in total. The van der Waals surface area contributed by atoms with Crippen LogP contribution in [0.25, 0.3) is 0 Å². The number of aliphatic imine (C=N–C) groups is 1. The van der Waals surface area contributed by atoms with Gasteiger partial charge in [0, 0.05) is 0 Å². The smallest absolute Gasteiger partial charge is 0.308 e. The lowest BCUT2D eigenvalue weighted by Gasteiger charge is -1.85. The van der Waals surface area contributed by atoms with Gasteiger partial charge in [-0.2, -0.15) is 0 Å². The molecule has 1 radical (unpaired) electrons.